The third kappa shape index (κ3) is 3.19. The summed E-state index contributed by atoms with van der Waals surface area (Å²) in [6.07, 6.45) is 8.81. The second-order valence-electron chi connectivity index (χ2n) is 7.71. The SMILES string of the molecule is O=C(c1cnc(-c2ccccc2)nc1)N(C1CC1)C1CCCc2ccccc21. The molecular weight excluding hydrogens is 346 g/mol. The van der Waals surface area contributed by atoms with Crippen molar-refractivity contribution < 1.29 is 4.79 Å². The number of rotatable bonds is 4. The minimum atomic E-state index is 0.0591. The van der Waals surface area contributed by atoms with Crippen molar-refractivity contribution in [2.75, 3.05) is 0 Å². The molecule has 0 radical (unpaired) electrons. The second-order valence-corrected chi connectivity index (χ2v) is 7.71. The standard InChI is InChI=1S/C24H23N3O/c28-24(19-15-25-23(26-16-19)18-8-2-1-3-9-18)27(20-13-14-20)22-12-6-10-17-7-4-5-11-21(17)22/h1-5,7-9,11,15-16,20,22H,6,10,12-14H2. The topological polar surface area (TPSA) is 46.1 Å². The van der Waals surface area contributed by atoms with Gasteiger partial charge in [0.2, 0.25) is 0 Å². The van der Waals surface area contributed by atoms with Gasteiger partial charge in [0.05, 0.1) is 11.6 Å². The molecule has 0 aliphatic heterocycles. The van der Waals surface area contributed by atoms with Crippen LogP contribution in [-0.2, 0) is 6.42 Å². The summed E-state index contributed by atoms with van der Waals surface area (Å²) in [5, 5.41) is 0. The molecule has 4 nitrogen and oxygen atoms in total. The smallest absolute Gasteiger partial charge is 0.257 e. The molecule has 0 saturated heterocycles. The largest absolute Gasteiger partial charge is 0.329 e. The summed E-state index contributed by atoms with van der Waals surface area (Å²) in [6.45, 7) is 0. The van der Waals surface area contributed by atoms with Gasteiger partial charge in [0.1, 0.15) is 0 Å². The van der Waals surface area contributed by atoms with Crippen molar-refractivity contribution in [2.45, 2.75) is 44.2 Å². The maximum absolute atomic E-state index is 13.4. The number of aryl methyl sites for hydroxylation is 1. The van der Waals surface area contributed by atoms with Gasteiger partial charge in [-0.05, 0) is 43.2 Å². The molecular formula is C24H23N3O. The van der Waals surface area contributed by atoms with E-state index in [1.54, 1.807) is 12.4 Å². The van der Waals surface area contributed by atoms with Crippen molar-refractivity contribution in [3.8, 4) is 11.4 Å². The first kappa shape index (κ1) is 17.1. The first-order valence-corrected chi connectivity index (χ1v) is 10.1. The zero-order valence-corrected chi connectivity index (χ0v) is 15.8. The van der Waals surface area contributed by atoms with Gasteiger partial charge in [0, 0.05) is 24.0 Å². The minimum Gasteiger partial charge on any atom is -0.329 e. The molecule has 1 amide bonds. The van der Waals surface area contributed by atoms with Gasteiger partial charge in [-0.15, -0.1) is 0 Å². The van der Waals surface area contributed by atoms with Crippen LogP contribution >= 0.6 is 0 Å². The Kier molecular flexibility index (Phi) is 4.40. The fourth-order valence-electron chi connectivity index (χ4n) is 4.26. The summed E-state index contributed by atoms with van der Waals surface area (Å²) in [4.78, 5) is 24.5. The highest BCUT2D eigenvalue weighted by molar-refractivity contribution is 5.94. The van der Waals surface area contributed by atoms with E-state index in [1.165, 1.54) is 11.1 Å². The van der Waals surface area contributed by atoms with Gasteiger partial charge >= 0.3 is 0 Å². The monoisotopic (exact) mass is 369 g/mol. The Morgan fingerprint density at radius 3 is 2.36 bits per heavy atom. The highest BCUT2D eigenvalue weighted by Gasteiger charge is 2.39. The molecule has 1 heterocycles. The van der Waals surface area contributed by atoms with E-state index < -0.39 is 0 Å². The van der Waals surface area contributed by atoms with Crippen LogP contribution in [0.3, 0.4) is 0 Å². The number of benzene rings is 2. The van der Waals surface area contributed by atoms with Crippen LogP contribution in [0.25, 0.3) is 11.4 Å². The van der Waals surface area contributed by atoms with Crippen molar-refractivity contribution in [1.29, 1.82) is 0 Å². The van der Waals surface area contributed by atoms with Gasteiger partial charge in [0.15, 0.2) is 5.82 Å². The number of hydrogen-bond acceptors (Lipinski definition) is 3. The first-order chi connectivity index (χ1) is 13.8. The Labute approximate surface area is 165 Å². The van der Waals surface area contributed by atoms with Gasteiger partial charge in [-0.3, -0.25) is 4.79 Å². The van der Waals surface area contributed by atoms with Gasteiger partial charge in [-0.2, -0.15) is 0 Å². The third-order valence-corrected chi connectivity index (χ3v) is 5.78. The maximum atomic E-state index is 13.4. The molecule has 0 bridgehead atoms. The molecule has 4 heteroatoms. The van der Waals surface area contributed by atoms with Crippen LogP contribution in [-0.4, -0.2) is 26.8 Å². The molecule has 1 fully saturated rings. The fraction of sp³-hybridized carbons (Fsp3) is 0.292. The molecule has 5 rings (SSSR count). The molecule has 2 aliphatic carbocycles. The highest BCUT2D eigenvalue weighted by Crippen LogP contribution is 2.41. The van der Waals surface area contributed by atoms with Crippen LogP contribution in [0.5, 0.6) is 0 Å². The Hall–Kier alpha value is -3.01. The van der Waals surface area contributed by atoms with Crippen molar-refractivity contribution >= 4 is 5.91 Å². The maximum Gasteiger partial charge on any atom is 0.257 e. The van der Waals surface area contributed by atoms with Crippen LogP contribution in [0.2, 0.25) is 0 Å². The molecule has 2 aliphatic rings. The molecule has 1 unspecified atom stereocenters. The Morgan fingerprint density at radius 2 is 1.61 bits per heavy atom. The Morgan fingerprint density at radius 1 is 0.893 bits per heavy atom. The molecule has 0 spiro atoms. The highest BCUT2D eigenvalue weighted by atomic mass is 16.2. The number of carbonyl (C=O) groups excluding carboxylic acids is 1. The second kappa shape index (κ2) is 7.19. The van der Waals surface area contributed by atoms with E-state index >= 15 is 0 Å². The average Bonchev–Trinajstić information content (AvgIpc) is 3.60. The van der Waals surface area contributed by atoms with Crippen molar-refractivity contribution in [2.24, 2.45) is 0 Å². The summed E-state index contributed by atoms with van der Waals surface area (Å²) >= 11 is 0. The zero-order valence-electron chi connectivity index (χ0n) is 15.8. The summed E-state index contributed by atoms with van der Waals surface area (Å²) in [5.74, 6) is 0.710. The molecule has 28 heavy (non-hydrogen) atoms. The quantitative estimate of drug-likeness (QED) is 0.662. The minimum absolute atomic E-state index is 0.0591. The summed E-state index contributed by atoms with van der Waals surface area (Å²) in [7, 11) is 0. The van der Waals surface area contributed by atoms with E-state index in [9.17, 15) is 4.79 Å². The Bertz CT molecular complexity index is 980. The van der Waals surface area contributed by atoms with Crippen LogP contribution in [0.15, 0.2) is 67.0 Å². The molecule has 0 N–H and O–H groups in total. The van der Waals surface area contributed by atoms with Crippen LogP contribution in [0.4, 0.5) is 0 Å². The van der Waals surface area contributed by atoms with E-state index in [2.05, 4.69) is 39.1 Å². The molecule has 3 aromatic rings. The van der Waals surface area contributed by atoms with Crippen molar-refractivity contribution in [3.63, 3.8) is 0 Å². The number of amides is 1. The number of carbonyl (C=O) groups is 1. The van der Waals surface area contributed by atoms with E-state index in [0.29, 0.717) is 17.4 Å². The van der Waals surface area contributed by atoms with Gasteiger partial charge in [-0.25, -0.2) is 9.97 Å². The molecule has 140 valence electrons. The number of hydrogen-bond donors (Lipinski definition) is 0. The molecule has 1 saturated carbocycles. The lowest BCUT2D eigenvalue weighted by molar-refractivity contribution is 0.0637. The van der Waals surface area contributed by atoms with Gasteiger partial charge < -0.3 is 4.90 Å². The molecule has 1 atom stereocenters. The predicted molar refractivity (Wildman–Crippen MR) is 109 cm³/mol. The van der Waals surface area contributed by atoms with Gasteiger partial charge in [-0.1, -0.05) is 54.6 Å². The van der Waals surface area contributed by atoms with E-state index in [4.69, 9.17) is 0 Å². The fourth-order valence-corrected chi connectivity index (χ4v) is 4.26. The van der Waals surface area contributed by atoms with E-state index in [1.807, 2.05) is 30.3 Å². The van der Waals surface area contributed by atoms with Crippen molar-refractivity contribution in [1.82, 2.24) is 14.9 Å². The van der Waals surface area contributed by atoms with Crippen LogP contribution in [0, 0.1) is 0 Å². The Balaban J connectivity index is 1.45. The van der Waals surface area contributed by atoms with E-state index in [0.717, 1.165) is 37.7 Å². The average molecular weight is 369 g/mol. The summed E-state index contributed by atoms with van der Waals surface area (Å²) in [5.41, 5.74) is 4.24. The first-order valence-electron chi connectivity index (χ1n) is 10.1. The third-order valence-electron chi connectivity index (χ3n) is 5.78. The number of fused-ring (bicyclic) bond motifs is 1. The normalized spacial score (nSPS) is 18.4. The molecule has 2 aromatic carbocycles. The predicted octanol–water partition coefficient (Wildman–Crippen LogP) is 4.83. The molecule has 1 aromatic heterocycles. The number of aromatic nitrogens is 2. The van der Waals surface area contributed by atoms with Gasteiger partial charge in [0.25, 0.3) is 5.91 Å². The van der Waals surface area contributed by atoms with Crippen LogP contribution < -0.4 is 0 Å². The zero-order chi connectivity index (χ0) is 18.9. The lowest BCUT2D eigenvalue weighted by Gasteiger charge is -2.36. The van der Waals surface area contributed by atoms with Crippen molar-refractivity contribution in [3.05, 3.63) is 83.7 Å². The number of nitrogens with zero attached hydrogens (tertiary/aromatic N) is 3. The lowest BCUT2D eigenvalue weighted by atomic mass is 9.86. The van der Waals surface area contributed by atoms with E-state index in [-0.39, 0.29) is 11.9 Å². The summed E-state index contributed by atoms with van der Waals surface area (Å²) in [6, 6.07) is 18.9. The lowest BCUT2D eigenvalue weighted by Crippen LogP contribution is -2.38. The summed E-state index contributed by atoms with van der Waals surface area (Å²) < 4.78 is 0. The van der Waals surface area contributed by atoms with Crippen LogP contribution in [0.1, 0.15) is 53.2 Å².